The van der Waals surface area contributed by atoms with Crippen LogP contribution < -0.4 is 4.73 Å². The summed E-state index contributed by atoms with van der Waals surface area (Å²) < 4.78 is 84.6. The summed E-state index contributed by atoms with van der Waals surface area (Å²) in [6.07, 6.45) is 0.719. The van der Waals surface area contributed by atoms with Gasteiger partial charge in [-0.15, -0.1) is 5.10 Å². The third-order valence-corrected chi connectivity index (χ3v) is 7.62. The molecule has 48 heavy (non-hydrogen) atoms. The van der Waals surface area contributed by atoms with Gasteiger partial charge in [-0.05, 0) is 42.0 Å². The molecule has 0 aliphatic heterocycles. The molecule has 0 bridgehead atoms. The van der Waals surface area contributed by atoms with E-state index in [1.165, 1.54) is 47.3 Å². The number of carboxylic acid groups (broad SMARTS) is 1. The van der Waals surface area contributed by atoms with E-state index in [1.807, 2.05) is 0 Å². The molecule has 0 fully saturated rings. The zero-order valence-electron chi connectivity index (χ0n) is 23.9. The van der Waals surface area contributed by atoms with Crippen LogP contribution in [0.2, 0.25) is 5.02 Å². The van der Waals surface area contributed by atoms with E-state index in [9.17, 15) is 37.1 Å². The van der Waals surface area contributed by atoms with Crippen LogP contribution in [-0.4, -0.2) is 45.6 Å². The van der Waals surface area contributed by atoms with Gasteiger partial charge in [0, 0.05) is 30.4 Å². The number of pyridine rings is 1. The number of aromatic carboxylic acids is 1. The van der Waals surface area contributed by atoms with Crippen molar-refractivity contribution in [3.05, 3.63) is 124 Å². The molecule has 6 aromatic rings. The predicted octanol–water partition coefficient (Wildman–Crippen LogP) is 6.36. The minimum Gasteiger partial charge on any atom is -0.618 e. The van der Waals surface area contributed by atoms with E-state index in [2.05, 4.69) is 20.5 Å². The molecule has 0 saturated heterocycles. The van der Waals surface area contributed by atoms with Gasteiger partial charge < -0.3 is 10.3 Å². The Morgan fingerprint density at radius 2 is 1.71 bits per heavy atom. The second-order valence-corrected chi connectivity index (χ2v) is 10.8. The van der Waals surface area contributed by atoms with E-state index < -0.39 is 36.2 Å². The highest BCUT2D eigenvalue weighted by atomic mass is 35.5. The molecule has 246 valence electrons. The number of hydrogen-bond donors (Lipinski definition) is 1. The first kappa shape index (κ1) is 32.2. The molecule has 1 atom stereocenters. The average molecular weight is 689 g/mol. The van der Waals surface area contributed by atoms with Crippen LogP contribution in [0.1, 0.15) is 40.0 Å². The van der Waals surface area contributed by atoms with Crippen molar-refractivity contribution in [2.75, 3.05) is 0 Å². The molecule has 0 aliphatic rings. The first-order valence-electron chi connectivity index (χ1n) is 13.7. The van der Waals surface area contributed by atoms with Gasteiger partial charge in [-0.2, -0.15) is 36.9 Å². The van der Waals surface area contributed by atoms with Gasteiger partial charge in [-0.3, -0.25) is 4.68 Å². The molecule has 1 N–H and O–H groups in total. The number of hydrogen-bond acceptors (Lipinski definition) is 6. The van der Waals surface area contributed by atoms with Gasteiger partial charge in [0.05, 0.1) is 45.5 Å². The maximum absolute atomic E-state index is 15.5. The lowest BCUT2D eigenvalue weighted by Crippen LogP contribution is -2.36. The molecule has 4 aromatic heterocycles. The molecular weight excluding hydrogens is 670 g/mol. The van der Waals surface area contributed by atoms with Crippen LogP contribution in [-0.2, 0) is 12.6 Å². The number of halogens is 7. The van der Waals surface area contributed by atoms with Crippen LogP contribution in [0.4, 0.5) is 26.3 Å². The van der Waals surface area contributed by atoms with Gasteiger partial charge in [-0.25, -0.2) is 18.5 Å². The highest BCUT2D eigenvalue weighted by Gasteiger charge is 2.35. The Hall–Kier alpha value is -5.71. The predicted molar refractivity (Wildman–Crippen MR) is 156 cm³/mol. The molecule has 0 unspecified atom stereocenters. The van der Waals surface area contributed by atoms with Crippen LogP contribution >= 0.6 is 11.6 Å². The Labute approximate surface area is 270 Å². The van der Waals surface area contributed by atoms with Crippen molar-refractivity contribution in [2.24, 2.45) is 0 Å². The zero-order chi connectivity index (χ0) is 34.3. The Morgan fingerprint density at radius 1 is 0.979 bits per heavy atom. The molecule has 0 radical (unpaired) electrons. The van der Waals surface area contributed by atoms with E-state index >= 15 is 4.39 Å². The smallest absolute Gasteiger partial charge is 0.436 e. The summed E-state index contributed by atoms with van der Waals surface area (Å²) in [7, 11) is 0. The lowest BCUT2D eigenvalue weighted by atomic mass is 10.0. The highest BCUT2D eigenvalue weighted by Crippen LogP contribution is 2.35. The summed E-state index contributed by atoms with van der Waals surface area (Å²) in [5.41, 5.74) is -0.519. The number of rotatable bonds is 9. The summed E-state index contributed by atoms with van der Waals surface area (Å²) in [5.74, 6) is -2.15. The minimum atomic E-state index is -4.82. The average Bonchev–Trinajstić information content (AvgIpc) is 3.83. The highest BCUT2D eigenvalue weighted by molar-refractivity contribution is 6.31. The Morgan fingerprint density at radius 3 is 2.33 bits per heavy atom. The SMILES string of the molecule is O=C(O)c1ccc(-c2cnn([C@H](Cc3ccn(C(F)F)n3)c3ccc(-c4c(-n5cc(C(F)(F)F)nn5)ccc(Cl)c4F)c[n+]3[O-])c2)cc1. The third kappa shape index (κ3) is 6.31. The summed E-state index contributed by atoms with van der Waals surface area (Å²) in [4.78, 5) is 11.2. The fraction of sp³-hybridized carbons (Fsp3) is 0.133. The van der Waals surface area contributed by atoms with Crippen molar-refractivity contribution in [2.45, 2.75) is 25.2 Å². The number of aromatic nitrogens is 8. The molecular formula is C30H19ClF6N8O3. The maximum atomic E-state index is 15.5. The maximum Gasteiger partial charge on any atom is 0.436 e. The lowest BCUT2D eigenvalue weighted by Gasteiger charge is -2.18. The number of alkyl halides is 5. The van der Waals surface area contributed by atoms with E-state index in [0.717, 1.165) is 18.5 Å². The lowest BCUT2D eigenvalue weighted by molar-refractivity contribution is -0.615. The number of carboxylic acids is 1. The van der Waals surface area contributed by atoms with Crippen LogP contribution in [0.3, 0.4) is 0 Å². The summed E-state index contributed by atoms with van der Waals surface area (Å²) in [5, 5.41) is 37.3. The van der Waals surface area contributed by atoms with Crippen LogP contribution in [0, 0.1) is 11.0 Å². The van der Waals surface area contributed by atoms with Gasteiger partial charge in [-0.1, -0.05) is 28.9 Å². The van der Waals surface area contributed by atoms with Crippen molar-refractivity contribution in [3.8, 4) is 27.9 Å². The van der Waals surface area contributed by atoms with Gasteiger partial charge in [0.25, 0.3) is 0 Å². The molecule has 11 nitrogen and oxygen atoms in total. The molecule has 4 heterocycles. The minimum absolute atomic E-state index is 0.0188. The molecule has 18 heteroatoms. The van der Waals surface area contributed by atoms with Gasteiger partial charge in [0.15, 0.2) is 17.7 Å². The van der Waals surface area contributed by atoms with E-state index in [0.29, 0.717) is 31.4 Å². The second-order valence-electron chi connectivity index (χ2n) is 10.3. The number of benzene rings is 2. The zero-order valence-corrected chi connectivity index (χ0v) is 24.7. The van der Waals surface area contributed by atoms with Crippen molar-refractivity contribution >= 4 is 17.6 Å². The first-order valence-corrected chi connectivity index (χ1v) is 14.1. The van der Waals surface area contributed by atoms with Gasteiger partial charge in [0.1, 0.15) is 6.04 Å². The van der Waals surface area contributed by atoms with Crippen LogP contribution in [0.25, 0.3) is 27.9 Å². The van der Waals surface area contributed by atoms with Crippen molar-refractivity contribution in [1.82, 2.24) is 34.6 Å². The summed E-state index contributed by atoms with van der Waals surface area (Å²) in [6.45, 7) is -2.91. The van der Waals surface area contributed by atoms with Crippen molar-refractivity contribution in [1.29, 1.82) is 0 Å². The normalized spacial score (nSPS) is 12.5. The Kier molecular flexibility index (Phi) is 8.38. The standard InChI is InChI=1S/C30H19ClF6N8O3/c31-21-6-8-23(44-15-25(39-41-44)30(35,36)37)26(27(21)32)18-5-7-22(45(48)14-18)24(11-20-9-10-42(40-20)29(33)34)43-13-19(12-38-43)16-1-3-17(4-2-16)28(46)47/h1-10,12-15,24,29H,11H2,(H,46,47)/t24-/m1/s1. The van der Waals surface area contributed by atoms with Crippen LogP contribution in [0.5, 0.6) is 0 Å². The molecule has 2 aromatic carbocycles. The van der Waals surface area contributed by atoms with Gasteiger partial charge in [0.2, 0.25) is 5.69 Å². The Balaban J connectivity index is 1.42. The quantitative estimate of drug-likeness (QED) is 0.106. The Bertz CT molecular complexity index is 2130. The second kappa shape index (κ2) is 12.5. The van der Waals surface area contributed by atoms with E-state index in [-0.39, 0.29) is 45.2 Å². The first-order chi connectivity index (χ1) is 22.8. The van der Waals surface area contributed by atoms with Crippen LogP contribution in [0.15, 0.2) is 85.6 Å². The summed E-state index contributed by atoms with van der Waals surface area (Å²) >= 11 is 6.01. The van der Waals surface area contributed by atoms with Crippen molar-refractivity contribution in [3.63, 3.8) is 0 Å². The monoisotopic (exact) mass is 688 g/mol. The molecule has 0 amide bonds. The number of carbonyl (C=O) groups is 1. The fourth-order valence-corrected chi connectivity index (χ4v) is 5.16. The fourth-order valence-electron chi connectivity index (χ4n) is 5.01. The molecule has 0 saturated carbocycles. The summed E-state index contributed by atoms with van der Waals surface area (Å²) in [6, 6.07) is 11.3. The third-order valence-electron chi connectivity index (χ3n) is 7.33. The topological polar surface area (TPSA) is 131 Å². The van der Waals surface area contributed by atoms with Crippen molar-refractivity contribution < 1.29 is 41.0 Å². The molecule has 0 aliphatic carbocycles. The van der Waals surface area contributed by atoms with E-state index in [1.54, 1.807) is 18.3 Å². The largest absolute Gasteiger partial charge is 0.618 e. The van der Waals surface area contributed by atoms with E-state index in [4.69, 9.17) is 11.6 Å². The molecule has 6 rings (SSSR count). The molecule has 0 spiro atoms. The van der Waals surface area contributed by atoms with Gasteiger partial charge >= 0.3 is 18.7 Å². The number of nitrogens with zero attached hydrogens (tertiary/aromatic N) is 8.